The lowest BCUT2D eigenvalue weighted by Gasteiger charge is -2.22. The molecule has 2 aliphatic heterocycles. The lowest BCUT2D eigenvalue weighted by molar-refractivity contribution is 0.616. The average molecular weight is 327 g/mol. The molecule has 0 amide bonds. The topological polar surface area (TPSA) is 67.1 Å². The SMILES string of the molecule is CN[C@@H]1CCN(c2nc(N)nc3c2CCSc2ccccc2-3)C1. The number of likely N-dealkylation sites (N-methyl/N-ethyl adjacent to an activating group) is 1. The van der Waals surface area contributed by atoms with Crippen LogP contribution < -0.4 is 16.0 Å². The predicted molar refractivity (Wildman–Crippen MR) is 96.0 cm³/mol. The van der Waals surface area contributed by atoms with E-state index >= 15 is 0 Å². The van der Waals surface area contributed by atoms with Crippen LogP contribution in [0.25, 0.3) is 11.3 Å². The van der Waals surface area contributed by atoms with Crippen LogP contribution in [-0.2, 0) is 6.42 Å². The Morgan fingerprint density at radius 1 is 1.30 bits per heavy atom. The van der Waals surface area contributed by atoms with Crippen molar-refractivity contribution in [2.24, 2.45) is 0 Å². The van der Waals surface area contributed by atoms with Crippen LogP contribution in [0.3, 0.4) is 0 Å². The highest BCUT2D eigenvalue weighted by atomic mass is 32.2. The first-order valence-corrected chi connectivity index (χ1v) is 9.05. The molecule has 0 bridgehead atoms. The van der Waals surface area contributed by atoms with Crippen molar-refractivity contribution >= 4 is 23.5 Å². The number of anilines is 2. The van der Waals surface area contributed by atoms with Crippen molar-refractivity contribution in [2.75, 3.05) is 36.5 Å². The van der Waals surface area contributed by atoms with Crippen molar-refractivity contribution in [3.05, 3.63) is 29.8 Å². The maximum Gasteiger partial charge on any atom is 0.222 e. The second-order valence-corrected chi connectivity index (χ2v) is 7.18. The van der Waals surface area contributed by atoms with E-state index in [9.17, 15) is 0 Å². The van der Waals surface area contributed by atoms with Gasteiger partial charge in [0.05, 0.1) is 5.69 Å². The number of nitrogens with one attached hydrogen (secondary N) is 1. The van der Waals surface area contributed by atoms with Gasteiger partial charge in [0.25, 0.3) is 0 Å². The number of benzene rings is 1. The smallest absolute Gasteiger partial charge is 0.222 e. The Hall–Kier alpha value is -1.79. The number of nitrogen functional groups attached to an aromatic ring is 1. The highest BCUT2D eigenvalue weighted by molar-refractivity contribution is 7.99. The summed E-state index contributed by atoms with van der Waals surface area (Å²) < 4.78 is 0. The van der Waals surface area contributed by atoms with Gasteiger partial charge in [-0.1, -0.05) is 18.2 Å². The molecule has 1 aromatic heterocycles. The molecular weight excluding hydrogens is 306 g/mol. The van der Waals surface area contributed by atoms with Crippen LogP contribution in [0.1, 0.15) is 12.0 Å². The molecule has 5 nitrogen and oxygen atoms in total. The van der Waals surface area contributed by atoms with E-state index in [2.05, 4.69) is 44.5 Å². The second-order valence-electron chi connectivity index (χ2n) is 6.05. The maximum absolute atomic E-state index is 6.05. The standard InChI is InChI=1S/C17H21N5S/c1-19-11-6-8-22(10-11)16-13-7-9-23-14-5-3-2-4-12(14)15(13)20-17(18)21-16/h2-5,11,19H,6-10H2,1H3,(H2,18,20,21)/t11-/m1/s1. The Kier molecular flexibility index (Phi) is 3.87. The number of nitrogens with zero attached hydrogens (tertiary/aromatic N) is 3. The van der Waals surface area contributed by atoms with E-state index < -0.39 is 0 Å². The molecule has 2 aliphatic rings. The molecule has 1 atom stereocenters. The first-order chi connectivity index (χ1) is 11.3. The Morgan fingerprint density at radius 2 is 2.17 bits per heavy atom. The monoisotopic (exact) mass is 327 g/mol. The van der Waals surface area contributed by atoms with Gasteiger partial charge in [-0.3, -0.25) is 0 Å². The van der Waals surface area contributed by atoms with E-state index in [1.54, 1.807) is 0 Å². The molecule has 0 aliphatic carbocycles. The highest BCUT2D eigenvalue weighted by Crippen LogP contribution is 2.40. The molecule has 0 spiro atoms. The van der Waals surface area contributed by atoms with Crippen LogP contribution in [0.2, 0.25) is 0 Å². The largest absolute Gasteiger partial charge is 0.368 e. The normalized spacial score (nSPS) is 20.0. The molecule has 23 heavy (non-hydrogen) atoms. The van der Waals surface area contributed by atoms with Gasteiger partial charge in [-0.2, -0.15) is 4.98 Å². The summed E-state index contributed by atoms with van der Waals surface area (Å²) in [6.07, 6.45) is 2.12. The zero-order valence-corrected chi connectivity index (χ0v) is 14.1. The molecule has 2 aromatic rings. The van der Waals surface area contributed by atoms with E-state index in [1.165, 1.54) is 16.0 Å². The van der Waals surface area contributed by atoms with Crippen LogP contribution in [0.4, 0.5) is 11.8 Å². The zero-order chi connectivity index (χ0) is 15.8. The molecule has 6 heteroatoms. The third kappa shape index (κ3) is 2.66. The lowest BCUT2D eigenvalue weighted by atomic mass is 10.0. The summed E-state index contributed by atoms with van der Waals surface area (Å²) in [4.78, 5) is 12.8. The van der Waals surface area contributed by atoms with Crippen LogP contribution >= 0.6 is 11.8 Å². The van der Waals surface area contributed by atoms with Crippen LogP contribution in [0, 0.1) is 0 Å². The first-order valence-electron chi connectivity index (χ1n) is 8.07. The number of rotatable bonds is 2. The average Bonchev–Trinajstić information content (AvgIpc) is 2.97. The second kappa shape index (κ2) is 6.02. The van der Waals surface area contributed by atoms with Crippen molar-refractivity contribution in [3.8, 4) is 11.3 Å². The number of thioether (sulfide) groups is 1. The summed E-state index contributed by atoms with van der Waals surface area (Å²) in [5.74, 6) is 2.45. The molecule has 3 heterocycles. The van der Waals surface area contributed by atoms with Crippen LogP contribution in [-0.4, -0.2) is 41.9 Å². The lowest BCUT2D eigenvalue weighted by Crippen LogP contribution is -2.30. The van der Waals surface area contributed by atoms with Crippen LogP contribution in [0.5, 0.6) is 0 Å². The molecule has 3 N–H and O–H groups in total. The van der Waals surface area contributed by atoms with Crippen molar-refractivity contribution in [1.82, 2.24) is 15.3 Å². The fraction of sp³-hybridized carbons (Fsp3) is 0.412. The summed E-state index contributed by atoms with van der Waals surface area (Å²) >= 11 is 1.89. The van der Waals surface area contributed by atoms with Crippen molar-refractivity contribution in [2.45, 2.75) is 23.8 Å². The Bertz CT molecular complexity index is 733. The zero-order valence-electron chi connectivity index (χ0n) is 13.2. The number of nitrogens with two attached hydrogens (primary N) is 1. The van der Waals surface area contributed by atoms with Gasteiger partial charge >= 0.3 is 0 Å². The summed E-state index contributed by atoms with van der Waals surface area (Å²) in [5, 5.41) is 3.37. The summed E-state index contributed by atoms with van der Waals surface area (Å²) in [7, 11) is 2.02. The third-order valence-corrected chi connectivity index (χ3v) is 5.73. The minimum Gasteiger partial charge on any atom is -0.368 e. The van der Waals surface area contributed by atoms with E-state index in [4.69, 9.17) is 5.73 Å². The van der Waals surface area contributed by atoms with Gasteiger partial charge in [-0.15, -0.1) is 11.8 Å². The molecule has 1 fully saturated rings. The number of fused-ring (bicyclic) bond motifs is 3. The summed E-state index contributed by atoms with van der Waals surface area (Å²) in [6, 6.07) is 8.98. The van der Waals surface area contributed by atoms with E-state index in [0.717, 1.165) is 43.2 Å². The van der Waals surface area contributed by atoms with Gasteiger partial charge in [0.2, 0.25) is 5.95 Å². The molecule has 0 unspecified atom stereocenters. The maximum atomic E-state index is 6.05. The van der Waals surface area contributed by atoms with Crippen LogP contribution in [0.15, 0.2) is 29.2 Å². The minimum absolute atomic E-state index is 0.369. The Morgan fingerprint density at radius 3 is 3.00 bits per heavy atom. The molecule has 0 saturated carbocycles. The van der Waals surface area contributed by atoms with E-state index in [0.29, 0.717) is 12.0 Å². The third-order valence-electron chi connectivity index (χ3n) is 4.65. The van der Waals surface area contributed by atoms with Gasteiger partial charge in [0.15, 0.2) is 0 Å². The van der Waals surface area contributed by atoms with E-state index in [1.807, 2.05) is 18.8 Å². The van der Waals surface area contributed by atoms with Gasteiger partial charge in [0, 0.05) is 40.9 Å². The fourth-order valence-electron chi connectivity index (χ4n) is 3.44. The minimum atomic E-state index is 0.369. The van der Waals surface area contributed by atoms with Gasteiger partial charge in [-0.05, 0) is 26.0 Å². The molecule has 120 valence electrons. The Labute approximate surface area is 140 Å². The van der Waals surface area contributed by atoms with Gasteiger partial charge in [-0.25, -0.2) is 4.98 Å². The summed E-state index contributed by atoms with van der Waals surface area (Å²) in [6.45, 7) is 2.00. The van der Waals surface area contributed by atoms with Crippen molar-refractivity contribution in [1.29, 1.82) is 0 Å². The molecule has 4 rings (SSSR count). The molecule has 1 aromatic carbocycles. The number of hydrogen-bond donors (Lipinski definition) is 2. The highest BCUT2D eigenvalue weighted by Gasteiger charge is 2.28. The predicted octanol–water partition coefficient (Wildman–Crippen LogP) is 2.17. The van der Waals surface area contributed by atoms with Crippen molar-refractivity contribution in [3.63, 3.8) is 0 Å². The molecular formula is C17H21N5S. The summed E-state index contributed by atoms with van der Waals surface area (Å²) in [5.41, 5.74) is 9.50. The fourth-order valence-corrected chi connectivity index (χ4v) is 4.46. The van der Waals surface area contributed by atoms with Gasteiger partial charge < -0.3 is 16.0 Å². The Balaban J connectivity index is 1.83. The van der Waals surface area contributed by atoms with Gasteiger partial charge in [0.1, 0.15) is 5.82 Å². The quantitative estimate of drug-likeness (QED) is 0.881. The van der Waals surface area contributed by atoms with Crippen molar-refractivity contribution < 1.29 is 0 Å². The number of aromatic nitrogens is 2. The molecule has 1 saturated heterocycles. The first kappa shape index (κ1) is 14.8. The molecule has 0 radical (unpaired) electrons. The number of hydrogen-bond acceptors (Lipinski definition) is 6. The van der Waals surface area contributed by atoms with E-state index in [-0.39, 0.29) is 0 Å².